The first-order chi connectivity index (χ1) is 10.8. The number of nitrogens with two attached hydrogens (primary N) is 1. The van der Waals surface area contributed by atoms with Gasteiger partial charge in [-0.1, -0.05) is 11.6 Å². The maximum Gasteiger partial charge on any atom is 0.255 e. The summed E-state index contributed by atoms with van der Waals surface area (Å²) in [4.78, 5) is 11.9. The number of hydrogen-bond acceptors (Lipinski definition) is 4. The number of nitrogens with one attached hydrogen (secondary N) is 1. The molecule has 1 amide bonds. The highest BCUT2D eigenvalue weighted by molar-refractivity contribution is 7.89. The molecule has 0 fully saturated rings. The summed E-state index contributed by atoms with van der Waals surface area (Å²) in [6.07, 6.45) is 0. The molecule has 8 heteroatoms. The summed E-state index contributed by atoms with van der Waals surface area (Å²) in [6.45, 7) is 2.42. The summed E-state index contributed by atoms with van der Waals surface area (Å²) in [5.41, 5.74) is 0.679. The van der Waals surface area contributed by atoms with Crippen LogP contribution < -0.4 is 15.2 Å². The van der Waals surface area contributed by atoms with Crippen molar-refractivity contribution in [3.63, 3.8) is 0 Å². The fourth-order valence-electron chi connectivity index (χ4n) is 1.87. The average Bonchev–Trinajstić information content (AvgIpc) is 2.48. The molecule has 0 aromatic heterocycles. The van der Waals surface area contributed by atoms with Gasteiger partial charge in [-0.25, -0.2) is 13.6 Å². The molecule has 0 aliphatic heterocycles. The average molecular weight is 355 g/mol. The van der Waals surface area contributed by atoms with Crippen molar-refractivity contribution in [2.45, 2.75) is 11.8 Å². The van der Waals surface area contributed by atoms with E-state index < -0.39 is 15.9 Å². The van der Waals surface area contributed by atoms with Gasteiger partial charge in [-0.3, -0.25) is 4.79 Å². The van der Waals surface area contributed by atoms with Gasteiger partial charge in [0.25, 0.3) is 5.91 Å². The molecule has 2 aromatic rings. The number of halogens is 1. The summed E-state index contributed by atoms with van der Waals surface area (Å²) >= 11 is 5.79. The van der Waals surface area contributed by atoms with E-state index in [1.54, 1.807) is 24.3 Å². The van der Waals surface area contributed by atoms with Crippen LogP contribution in [0.15, 0.2) is 47.4 Å². The van der Waals surface area contributed by atoms with E-state index in [4.69, 9.17) is 21.5 Å². The van der Waals surface area contributed by atoms with Crippen molar-refractivity contribution >= 4 is 33.2 Å². The topological polar surface area (TPSA) is 98.5 Å². The molecule has 0 saturated heterocycles. The second-order valence-corrected chi connectivity index (χ2v) is 6.54. The number of hydrogen-bond donors (Lipinski definition) is 2. The second kappa shape index (κ2) is 6.99. The number of carbonyl (C=O) groups excluding carboxylic acids is 1. The lowest BCUT2D eigenvalue weighted by atomic mass is 10.2. The first-order valence-corrected chi connectivity index (χ1v) is 8.60. The minimum atomic E-state index is -4.00. The summed E-state index contributed by atoms with van der Waals surface area (Å²) in [5.74, 6) is 0.212. The maximum atomic E-state index is 12.2. The molecular formula is C15H15ClN2O4S. The van der Waals surface area contributed by atoms with Crippen LogP contribution in [-0.2, 0) is 10.0 Å². The number of primary sulfonamides is 1. The van der Waals surface area contributed by atoms with E-state index in [-0.39, 0.29) is 15.5 Å². The fraction of sp³-hybridized carbons (Fsp3) is 0.133. The van der Waals surface area contributed by atoms with Gasteiger partial charge in [0.1, 0.15) is 10.6 Å². The Bertz CT molecular complexity index is 820. The molecule has 2 rings (SSSR count). The van der Waals surface area contributed by atoms with Crippen molar-refractivity contribution < 1.29 is 17.9 Å². The van der Waals surface area contributed by atoms with Gasteiger partial charge in [-0.05, 0) is 49.4 Å². The van der Waals surface area contributed by atoms with Crippen molar-refractivity contribution in [2.75, 3.05) is 11.9 Å². The highest BCUT2D eigenvalue weighted by atomic mass is 35.5. The van der Waals surface area contributed by atoms with Crippen LogP contribution in [0.3, 0.4) is 0 Å². The van der Waals surface area contributed by atoms with Crippen molar-refractivity contribution in [3.8, 4) is 5.75 Å². The summed E-state index contributed by atoms with van der Waals surface area (Å²) in [6, 6.07) is 10.7. The first kappa shape index (κ1) is 17.3. The second-order valence-electron chi connectivity index (χ2n) is 4.60. The Morgan fingerprint density at radius 3 is 2.43 bits per heavy atom. The number of sulfonamides is 1. The van der Waals surface area contributed by atoms with Gasteiger partial charge in [0, 0.05) is 11.3 Å². The monoisotopic (exact) mass is 354 g/mol. The number of carbonyl (C=O) groups is 1. The van der Waals surface area contributed by atoms with Crippen molar-refractivity contribution in [1.82, 2.24) is 0 Å². The Labute approximate surface area is 139 Å². The minimum Gasteiger partial charge on any atom is -0.494 e. The Balaban J connectivity index is 2.21. The van der Waals surface area contributed by atoms with E-state index in [1.165, 1.54) is 12.1 Å². The SMILES string of the molecule is CCOc1ccc(NC(=O)c2ccc(Cl)c(S(N)(=O)=O)c2)cc1. The lowest BCUT2D eigenvalue weighted by Crippen LogP contribution is -2.16. The molecule has 0 radical (unpaired) electrons. The van der Waals surface area contributed by atoms with Gasteiger partial charge in [0.15, 0.2) is 0 Å². The Hall–Kier alpha value is -2.09. The highest BCUT2D eigenvalue weighted by Crippen LogP contribution is 2.22. The van der Waals surface area contributed by atoms with Crippen molar-refractivity contribution in [2.24, 2.45) is 5.14 Å². The lowest BCUT2D eigenvalue weighted by molar-refractivity contribution is 0.102. The van der Waals surface area contributed by atoms with Gasteiger partial charge >= 0.3 is 0 Å². The summed E-state index contributed by atoms with van der Waals surface area (Å²) in [7, 11) is -4.00. The summed E-state index contributed by atoms with van der Waals surface area (Å²) in [5, 5.41) is 7.68. The molecular weight excluding hydrogens is 340 g/mol. The third kappa shape index (κ3) is 4.44. The molecule has 23 heavy (non-hydrogen) atoms. The van der Waals surface area contributed by atoms with E-state index in [2.05, 4.69) is 5.32 Å². The van der Waals surface area contributed by atoms with Gasteiger partial charge in [0.2, 0.25) is 10.0 Å². The largest absolute Gasteiger partial charge is 0.494 e. The van der Waals surface area contributed by atoms with Crippen LogP contribution in [0.2, 0.25) is 5.02 Å². The molecule has 0 aliphatic rings. The zero-order chi connectivity index (χ0) is 17.0. The zero-order valence-corrected chi connectivity index (χ0v) is 13.8. The van der Waals surface area contributed by atoms with Crippen LogP contribution in [-0.4, -0.2) is 20.9 Å². The normalized spacial score (nSPS) is 11.1. The standard InChI is InChI=1S/C15H15ClN2O4S/c1-2-22-12-6-4-11(5-7-12)18-15(19)10-3-8-13(16)14(9-10)23(17,20)21/h3-9H,2H2,1H3,(H,18,19)(H2,17,20,21). The van der Waals surface area contributed by atoms with Crippen LogP contribution in [0.25, 0.3) is 0 Å². The third-order valence-electron chi connectivity index (χ3n) is 2.92. The smallest absolute Gasteiger partial charge is 0.255 e. The number of ether oxygens (including phenoxy) is 1. The fourth-order valence-corrected chi connectivity index (χ4v) is 2.94. The predicted molar refractivity (Wildman–Crippen MR) is 88.4 cm³/mol. The molecule has 0 saturated carbocycles. The Kier molecular flexibility index (Phi) is 5.25. The van der Waals surface area contributed by atoms with Gasteiger partial charge in [0.05, 0.1) is 11.6 Å². The van der Waals surface area contributed by atoms with E-state index in [0.717, 1.165) is 6.07 Å². The van der Waals surface area contributed by atoms with Crippen LogP contribution in [0.4, 0.5) is 5.69 Å². The van der Waals surface area contributed by atoms with Crippen LogP contribution in [0, 0.1) is 0 Å². The quantitative estimate of drug-likeness (QED) is 0.862. The first-order valence-electron chi connectivity index (χ1n) is 6.68. The Morgan fingerprint density at radius 1 is 1.22 bits per heavy atom. The van der Waals surface area contributed by atoms with E-state index >= 15 is 0 Å². The van der Waals surface area contributed by atoms with Crippen molar-refractivity contribution in [1.29, 1.82) is 0 Å². The number of rotatable bonds is 5. The van der Waals surface area contributed by atoms with E-state index in [0.29, 0.717) is 18.0 Å². The van der Waals surface area contributed by atoms with Crippen molar-refractivity contribution in [3.05, 3.63) is 53.1 Å². The molecule has 0 unspecified atom stereocenters. The van der Waals surface area contributed by atoms with Gasteiger partial charge < -0.3 is 10.1 Å². The molecule has 6 nitrogen and oxygen atoms in total. The zero-order valence-electron chi connectivity index (χ0n) is 12.2. The number of amides is 1. The van der Waals surface area contributed by atoms with E-state index in [9.17, 15) is 13.2 Å². The van der Waals surface area contributed by atoms with Crippen LogP contribution >= 0.6 is 11.6 Å². The molecule has 0 aliphatic carbocycles. The van der Waals surface area contributed by atoms with Gasteiger partial charge in [-0.15, -0.1) is 0 Å². The molecule has 0 bridgehead atoms. The Morgan fingerprint density at radius 2 is 1.87 bits per heavy atom. The lowest BCUT2D eigenvalue weighted by Gasteiger charge is -2.08. The van der Waals surface area contributed by atoms with E-state index in [1.807, 2.05) is 6.92 Å². The molecule has 2 aromatic carbocycles. The van der Waals surface area contributed by atoms with Crippen LogP contribution in [0.5, 0.6) is 5.75 Å². The number of benzene rings is 2. The maximum absolute atomic E-state index is 12.2. The number of anilines is 1. The minimum absolute atomic E-state index is 0.0369. The molecule has 0 atom stereocenters. The molecule has 0 spiro atoms. The van der Waals surface area contributed by atoms with Crippen LogP contribution in [0.1, 0.15) is 17.3 Å². The third-order valence-corrected chi connectivity index (χ3v) is 4.32. The highest BCUT2D eigenvalue weighted by Gasteiger charge is 2.16. The van der Waals surface area contributed by atoms with Gasteiger partial charge in [-0.2, -0.15) is 0 Å². The molecule has 3 N–H and O–H groups in total. The molecule has 122 valence electrons. The molecule has 0 heterocycles. The summed E-state index contributed by atoms with van der Waals surface area (Å²) < 4.78 is 28.2. The predicted octanol–water partition coefficient (Wildman–Crippen LogP) is 2.64.